The van der Waals surface area contributed by atoms with Gasteiger partial charge in [-0.25, -0.2) is 9.97 Å². The predicted octanol–water partition coefficient (Wildman–Crippen LogP) is -5.78. The molecule has 1 fully saturated rings. The van der Waals surface area contributed by atoms with Crippen LogP contribution in [0.2, 0.25) is 0 Å². The van der Waals surface area contributed by atoms with Crippen LogP contribution in [0.3, 0.4) is 0 Å². The predicted molar refractivity (Wildman–Crippen MR) is 403 cm³/mol. The molecule has 0 unspecified atom stereocenters. The van der Waals surface area contributed by atoms with E-state index >= 15 is 0 Å². The minimum atomic E-state index is -2.05. The van der Waals surface area contributed by atoms with Crippen molar-refractivity contribution in [3.05, 3.63) is 72.5 Å². The highest BCUT2D eigenvalue weighted by atomic mass is 33.1. The third kappa shape index (κ3) is 29.5. The van der Waals surface area contributed by atoms with Crippen LogP contribution in [0, 0.1) is 23.2 Å². The molecule has 15 amide bonds. The molecule has 26 N–H and O–H groups in total. The number of rotatable bonds is 26. The lowest BCUT2D eigenvalue weighted by atomic mass is 9.97. The number of fused-ring (bicyclic) bond motifs is 1. The number of H-pyrrole nitrogens is 3. The second-order valence-corrected chi connectivity index (χ2v) is 29.8. The van der Waals surface area contributed by atoms with Crippen molar-refractivity contribution in [3.63, 3.8) is 0 Å². The topological polar surface area (TPSA) is 657 Å². The van der Waals surface area contributed by atoms with Crippen LogP contribution in [-0.2, 0) is 96.0 Å². The van der Waals surface area contributed by atoms with Gasteiger partial charge in [0.15, 0.2) is 5.96 Å². The number of amides is 15. The van der Waals surface area contributed by atoms with E-state index in [2.05, 4.69) is 99.4 Å². The van der Waals surface area contributed by atoms with Crippen LogP contribution in [0.4, 0.5) is 0 Å². The summed E-state index contributed by atoms with van der Waals surface area (Å²) >= 11 is 0. The number of para-hydroxylation sites is 1. The molecule has 3 aromatic heterocycles. The number of hydrogen-bond acceptors (Lipinski definition) is 22. The molecule has 43 heteroatoms. The molecule has 1 saturated heterocycles. The first-order chi connectivity index (χ1) is 52.5. The number of aliphatic hydroxyl groups excluding tert-OH is 1. The molecule has 608 valence electrons. The first-order valence-electron chi connectivity index (χ1n) is 35.6. The number of nitrogens with two attached hydrogens (primary N) is 3. The fourth-order valence-electron chi connectivity index (χ4n) is 11.3. The number of guanidine groups is 1. The van der Waals surface area contributed by atoms with E-state index in [-0.39, 0.29) is 50.0 Å². The molecular formula is C68H101N23O18S2. The van der Waals surface area contributed by atoms with E-state index in [9.17, 15) is 86.9 Å². The lowest BCUT2D eigenvalue weighted by Crippen LogP contribution is -2.62. The molecule has 0 radical (unpaired) electrons. The minimum absolute atomic E-state index is 0.0146. The Morgan fingerprint density at radius 3 is 1.68 bits per heavy atom. The van der Waals surface area contributed by atoms with Gasteiger partial charge in [-0.05, 0) is 55.6 Å². The lowest BCUT2D eigenvalue weighted by Gasteiger charge is -2.30. The number of carbonyl (C=O) groups excluding carboxylic acids is 15. The van der Waals surface area contributed by atoms with E-state index in [1.54, 1.807) is 38.1 Å². The van der Waals surface area contributed by atoms with Crippen molar-refractivity contribution < 1.29 is 86.9 Å². The average Bonchev–Trinajstić information content (AvgIpc) is 1.72. The summed E-state index contributed by atoms with van der Waals surface area (Å²) in [5.74, 6) is -20.7. The SMILES string of the molecule is CC[C@H](C)[C@H](NC(C)=O)C(=O)N[C@H]1CSSC[C@@H](C(=O)N[C@H](C(N)=O)[C@@H](C)O)NC(=O)[C@H](CCCNC(=N)N)NC(=O)[C@@H](Cc2cnc[nH]2)NC(=O)[C@H](Cc2cnc[nH]2)NC(=O)CNC(=O)[C@H](Cc2c[nH]c3ccccc23)NC(=O)[C@@H](CC(=O)O)NC(=O)[C@H](CCC(N)=O)NC(=O)[C@@H](C(C)C)NC(=O)[C@H](C(C)C)NC1=O. The Balaban J connectivity index is 1.67. The lowest BCUT2D eigenvalue weighted by molar-refractivity contribution is -0.141. The Kier molecular flexibility index (Phi) is 36.0. The molecule has 1 aliphatic rings. The zero-order valence-corrected chi connectivity index (χ0v) is 64.1. The molecule has 1 aliphatic heterocycles. The molecule has 0 saturated carbocycles. The van der Waals surface area contributed by atoms with Crippen LogP contribution < -0.4 is 91.6 Å². The van der Waals surface area contributed by atoms with E-state index in [0.29, 0.717) is 22.9 Å². The molecule has 0 aliphatic carbocycles. The van der Waals surface area contributed by atoms with Crippen molar-refractivity contribution >= 4 is 133 Å². The van der Waals surface area contributed by atoms with E-state index in [4.69, 9.17) is 22.6 Å². The number of aliphatic hydroxyl groups is 1. The quantitative estimate of drug-likeness (QED) is 0.0121. The third-order valence-electron chi connectivity index (χ3n) is 17.6. The molecule has 111 heavy (non-hydrogen) atoms. The van der Waals surface area contributed by atoms with Gasteiger partial charge in [-0.15, -0.1) is 0 Å². The van der Waals surface area contributed by atoms with Crippen molar-refractivity contribution in [2.45, 2.75) is 192 Å². The second kappa shape index (κ2) is 44.3. The normalized spacial score (nSPS) is 22.9. The Morgan fingerprint density at radius 1 is 0.613 bits per heavy atom. The first-order valence-corrected chi connectivity index (χ1v) is 38.1. The summed E-state index contributed by atoms with van der Waals surface area (Å²) in [6, 6.07) is -13.1. The summed E-state index contributed by atoms with van der Waals surface area (Å²) in [5, 5.41) is 64.3. The molecule has 4 heterocycles. The van der Waals surface area contributed by atoms with Gasteiger partial charge in [0.25, 0.3) is 0 Å². The number of hydrogen-bond donors (Lipinski definition) is 23. The van der Waals surface area contributed by atoms with Gasteiger partial charge in [0, 0.05) is 91.5 Å². The first kappa shape index (κ1) is 90.2. The van der Waals surface area contributed by atoms with E-state index in [1.165, 1.54) is 65.9 Å². The maximum atomic E-state index is 14.9. The largest absolute Gasteiger partial charge is 0.481 e. The molecular weight excluding hydrogens is 1490 g/mol. The van der Waals surface area contributed by atoms with Crippen LogP contribution in [0.25, 0.3) is 10.9 Å². The summed E-state index contributed by atoms with van der Waals surface area (Å²) in [6.45, 7) is 10.8. The molecule has 5 rings (SSSR count). The van der Waals surface area contributed by atoms with Gasteiger partial charge in [0.2, 0.25) is 88.6 Å². The average molecular weight is 1590 g/mol. The number of benzene rings is 1. The Morgan fingerprint density at radius 2 is 1.14 bits per heavy atom. The van der Waals surface area contributed by atoms with Gasteiger partial charge in [0.05, 0.1) is 31.7 Å². The monoisotopic (exact) mass is 1590 g/mol. The van der Waals surface area contributed by atoms with Crippen molar-refractivity contribution in [2.75, 3.05) is 24.6 Å². The number of aliphatic carboxylic acids is 1. The fourth-order valence-corrected chi connectivity index (χ4v) is 13.6. The molecule has 0 spiro atoms. The Hall–Kier alpha value is -11.4. The second-order valence-electron chi connectivity index (χ2n) is 27.2. The van der Waals surface area contributed by atoms with E-state index < -0.39 is 234 Å². The number of carboxylic acids is 1. The van der Waals surface area contributed by atoms with Crippen LogP contribution in [-0.4, -0.2) is 239 Å². The highest BCUT2D eigenvalue weighted by Crippen LogP contribution is 2.25. The number of imidazole rings is 2. The zero-order valence-electron chi connectivity index (χ0n) is 62.5. The standard InChI is InChI=1S/C68H101N23O18S2/c1-9-33(6)54(80-35(8)93)67(109)88-48-28-111-110-27-47(64(106)91-55(34(7)92)56(70)98)87-58(100)41(15-12-18-75-68(71)72)82-61(103)45(21-38-25-74-30-79-38)85-60(102)44(20-37-24-73-29-78-37)81-50(95)26-77-57(99)43(19-36-23-76-40-14-11-10-13-39(36)40)84-62(104)46(22-51(96)97)86-59(101)42(16-17-49(69)94)83-65(107)52(31(2)3)90-66(108)53(32(4)5)89-63(48)105/h10-11,13-14,23-25,29-34,41-48,52-55,76,92H,9,12,15-22,26-28H2,1-8H3,(H2,69,94)(H2,70,98)(H,73,78)(H,74,79)(H,77,99)(H,80,93)(H,81,95)(H,82,103)(H,83,107)(H,84,104)(H,85,102)(H,86,101)(H,87,100)(H,88,109)(H,89,105)(H,90,108)(H,91,106)(H,96,97)(H4,71,72,75)/t33-,34+,41-,42-,43-,44-,45+,46+,47-,48-,52+,53-,54-,55-/m0/s1. The van der Waals surface area contributed by atoms with Crippen molar-refractivity contribution in [1.82, 2.24) is 99.4 Å². The summed E-state index contributed by atoms with van der Waals surface area (Å²) in [5.41, 5.74) is 18.2. The van der Waals surface area contributed by atoms with Crippen molar-refractivity contribution in [2.24, 2.45) is 35.0 Å². The number of primary amides is 2. The van der Waals surface area contributed by atoms with Gasteiger partial charge in [-0.2, -0.15) is 0 Å². The maximum absolute atomic E-state index is 14.9. The van der Waals surface area contributed by atoms with Gasteiger partial charge in [-0.1, -0.05) is 87.8 Å². The van der Waals surface area contributed by atoms with Crippen molar-refractivity contribution in [1.29, 1.82) is 5.41 Å². The minimum Gasteiger partial charge on any atom is -0.481 e. The van der Waals surface area contributed by atoms with Gasteiger partial charge < -0.3 is 117 Å². The summed E-state index contributed by atoms with van der Waals surface area (Å²) in [6.07, 6.45) is 1.82. The number of aromatic amines is 3. The molecule has 41 nitrogen and oxygen atoms in total. The third-order valence-corrected chi connectivity index (χ3v) is 20.0. The highest BCUT2D eigenvalue weighted by Gasteiger charge is 2.40. The van der Waals surface area contributed by atoms with Crippen LogP contribution in [0.15, 0.2) is 55.5 Å². The summed E-state index contributed by atoms with van der Waals surface area (Å²) in [7, 11) is 1.64. The summed E-state index contributed by atoms with van der Waals surface area (Å²) < 4.78 is 0. The summed E-state index contributed by atoms with van der Waals surface area (Å²) in [4.78, 5) is 242. The Labute approximate surface area is 645 Å². The van der Waals surface area contributed by atoms with Gasteiger partial charge in [0.1, 0.15) is 72.5 Å². The molecule has 1 aromatic carbocycles. The van der Waals surface area contributed by atoms with E-state index in [0.717, 1.165) is 28.5 Å². The van der Waals surface area contributed by atoms with Crippen LogP contribution in [0.5, 0.6) is 0 Å². The smallest absolute Gasteiger partial charge is 0.305 e. The van der Waals surface area contributed by atoms with Gasteiger partial charge >= 0.3 is 5.97 Å². The van der Waals surface area contributed by atoms with Crippen molar-refractivity contribution in [3.8, 4) is 0 Å². The Bertz CT molecular complexity index is 3930. The molecule has 4 aromatic rings. The highest BCUT2D eigenvalue weighted by molar-refractivity contribution is 8.76. The zero-order chi connectivity index (χ0) is 82.3. The number of aromatic nitrogens is 5. The maximum Gasteiger partial charge on any atom is 0.305 e. The number of nitrogens with zero attached hydrogens (tertiary/aromatic N) is 2. The number of carboxylic acid groups (broad SMARTS) is 1. The van der Waals surface area contributed by atoms with Crippen LogP contribution >= 0.6 is 21.6 Å². The van der Waals surface area contributed by atoms with E-state index in [1.807, 2.05) is 0 Å². The number of nitrogens with one attached hydrogen (secondary N) is 18. The van der Waals surface area contributed by atoms with Crippen LogP contribution in [0.1, 0.15) is 111 Å². The molecule has 0 bridgehead atoms. The molecule has 14 atom stereocenters. The fraction of sp³-hybridized carbons (Fsp3) is 0.544. The van der Waals surface area contributed by atoms with Gasteiger partial charge in [-0.3, -0.25) is 82.1 Å². The number of carbonyl (C=O) groups is 16.